The lowest BCUT2D eigenvalue weighted by Crippen LogP contribution is -2.46. The second-order valence-corrected chi connectivity index (χ2v) is 9.56. The minimum absolute atomic E-state index is 0.196. The van der Waals surface area contributed by atoms with Gasteiger partial charge in [0.15, 0.2) is 0 Å². The van der Waals surface area contributed by atoms with Crippen molar-refractivity contribution in [3.05, 3.63) is 72.1 Å². The molecule has 2 aromatic heterocycles. The number of nitrogens with one attached hydrogen (secondary N) is 1. The van der Waals surface area contributed by atoms with Crippen molar-refractivity contribution in [2.75, 3.05) is 26.7 Å². The summed E-state index contributed by atoms with van der Waals surface area (Å²) in [5.74, 6) is 0.768. The van der Waals surface area contributed by atoms with E-state index in [9.17, 15) is 4.79 Å². The molecule has 6 rings (SSSR count). The summed E-state index contributed by atoms with van der Waals surface area (Å²) < 4.78 is 11.3. The van der Waals surface area contributed by atoms with Crippen molar-refractivity contribution in [2.45, 2.75) is 38.0 Å². The Hall–Kier alpha value is -3.58. The number of piperidine rings is 1. The number of cyclic esters (lactones) is 1. The number of benzene rings is 2. The van der Waals surface area contributed by atoms with Crippen molar-refractivity contribution in [3.63, 3.8) is 0 Å². The minimum atomic E-state index is -0.302. The van der Waals surface area contributed by atoms with Gasteiger partial charge in [0.05, 0.1) is 19.2 Å². The third-order valence-electron chi connectivity index (χ3n) is 7.66. The number of aromatic amines is 1. The van der Waals surface area contributed by atoms with Crippen molar-refractivity contribution in [1.29, 1.82) is 0 Å². The lowest BCUT2D eigenvalue weighted by Gasteiger charge is -2.38. The fourth-order valence-electron chi connectivity index (χ4n) is 5.60. The van der Waals surface area contributed by atoms with Gasteiger partial charge in [-0.1, -0.05) is 18.2 Å². The van der Waals surface area contributed by atoms with Gasteiger partial charge in [-0.25, -0.2) is 4.79 Å². The Kier molecular flexibility index (Phi) is 5.57. The van der Waals surface area contributed by atoms with E-state index in [1.807, 2.05) is 29.2 Å². The Balaban J connectivity index is 1.14. The molecular weight excluding hydrogens is 440 g/mol. The van der Waals surface area contributed by atoms with E-state index < -0.39 is 0 Å². The first-order valence-electron chi connectivity index (χ1n) is 12.3. The highest BCUT2D eigenvalue weighted by Crippen LogP contribution is 2.35. The number of methoxy groups -OCH3 is 1. The zero-order valence-electron chi connectivity index (χ0n) is 20.1. The molecule has 1 N–H and O–H groups in total. The van der Waals surface area contributed by atoms with E-state index in [0.717, 1.165) is 48.1 Å². The van der Waals surface area contributed by atoms with Crippen molar-refractivity contribution in [3.8, 4) is 5.75 Å². The summed E-state index contributed by atoms with van der Waals surface area (Å²) >= 11 is 0. The molecule has 2 aromatic carbocycles. The molecule has 2 saturated heterocycles. The second-order valence-electron chi connectivity index (χ2n) is 9.56. The van der Waals surface area contributed by atoms with Crippen LogP contribution in [0.5, 0.6) is 5.75 Å². The van der Waals surface area contributed by atoms with Crippen LogP contribution in [0, 0.1) is 0 Å². The zero-order chi connectivity index (χ0) is 23.9. The summed E-state index contributed by atoms with van der Waals surface area (Å²) in [5.41, 5.74) is 4.27. The van der Waals surface area contributed by atoms with E-state index >= 15 is 0 Å². The molecule has 0 spiro atoms. The molecule has 7 nitrogen and oxygen atoms in total. The number of nitrogens with zero attached hydrogens (tertiary/aromatic N) is 3. The Labute approximate surface area is 204 Å². The van der Waals surface area contributed by atoms with Gasteiger partial charge in [0.2, 0.25) is 0 Å². The third-order valence-corrected chi connectivity index (χ3v) is 7.66. The smallest absolute Gasteiger partial charge is 0.410 e. The fourth-order valence-corrected chi connectivity index (χ4v) is 5.60. The van der Waals surface area contributed by atoms with Gasteiger partial charge in [-0.05, 0) is 61.5 Å². The number of fused-ring (bicyclic) bond motifs is 2. The van der Waals surface area contributed by atoms with Crippen LogP contribution in [0.25, 0.3) is 21.8 Å². The van der Waals surface area contributed by atoms with Crippen molar-refractivity contribution < 1.29 is 14.3 Å². The van der Waals surface area contributed by atoms with Gasteiger partial charge in [0.25, 0.3) is 0 Å². The molecule has 2 atom stereocenters. The van der Waals surface area contributed by atoms with E-state index in [2.05, 4.69) is 52.1 Å². The van der Waals surface area contributed by atoms with Crippen LogP contribution < -0.4 is 4.74 Å². The highest BCUT2D eigenvalue weighted by molar-refractivity contribution is 5.85. The number of carbonyl (C=O) groups excluding carboxylic acids is 1. The molecule has 2 aliphatic rings. The summed E-state index contributed by atoms with van der Waals surface area (Å²) in [6.07, 6.45) is 3.15. The topological polar surface area (TPSA) is 70.7 Å². The minimum Gasteiger partial charge on any atom is -0.497 e. The molecule has 2 aliphatic heterocycles. The van der Waals surface area contributed by atoms with E-state index in [1.54, 1.807) is 13.3 Å². The van der Waals surface area contributed by atoms with Crippen LogP contribution >= 0.6 is 0 Å². The maximum Gasteiger partial charge on any atom is 0.410 e. The number of rotatable bonds is 5. The standard InChI is InChI=1S/C28H30N4O3/c1-18(26-15-19-5-3-4-6-24(19)30-26)31-13-10-20(11-14-31)32-17-27(35-28(32)33)22-9-12-29-25-8-7-21(34-2)16-23(22)25/h3-9,12,15-16,18,20,27,30H,10-11,13-14,17H2,1-2H3. The first-order chi connectivity index (χ1) is 17.1. The van der Waals surface area contributed by atoms with Gasteiger partial charge < -0.3 is 19.4 Å². The quantitative estimate of drug-likeness (QED) is 0.420. The Morgan fingerprint density at radius 3 is 2.74 bits per heavy atom. The van der Waals surface area contributed by atoms with Crippen LogP contribution in [0.2, 0.25) is 0 Å². The van der Waals surface area contributed by atoms with E-state index in [0.29, 0.717) is 12.6 Å². The fraction of sp³-hybridized carbons (Fsp3) is 0.357. The van der Waals surface area contributed by atoms with E-state index in [-0.39, 0.29) is 18.2 Å². The van der Waals surface area contributed by atoms with Gasteiger partial charge in [-0.15, -0.1) is 0 Å². The molecule has 180 valence electrons. The molecule has 0 radical (unpaired) electrons. The molecular formula is C28H30N4O3. The predicted molar refractivity (Wildman–Crippen MR) is 136 cm³/mol. The zero-order valence-corrected chi connectivity index (χ0v) is 20.1. The Morgan fingerprint density at radius 1 is 1.11 bits per heavy atom. The number of pyridine rings is 1. The number of para-hydroxylation sites is 1. The molecule has 1 amide bonds. The number of ether oxygens (including phenoxy) is 2. The SMILES string of the molecule is COc1ccc2nccc(C3CN(C4CCN(C(C)c5cc6ccccc6[nH]5)CC4)C(=O)O3)c2c1. The number of likely N-dealkylation sites (tertiary alicyclic amines) is 1. The number of H-pyrrole nitrogens is 1. The average molecular weight is 471 g/mol. The summed E-state index contributed by atoms with van der Waals surface area (Å²) in [7, 11) is 1.65. The third kappa shape index (κ3) is 4.00. The molecule has 0 saturated carbocycles. The van der Waals surface area contributed by atoms with Crippen molar-refractivity contribution in [2.24, 2.45) is 0 Å². The van der Waals surface area contributed by atoms with Crippen molar-refractivity contribution in [1.82, 2.24) is 19.8 Å². The first-order valence-corrected chi connectivity index (χ1v) is 12.3. The van der Waals surface area contributed by atoms with Gasteiger partial charge in [0.1, 0.15) is 11.9 Å². The molecule has 0 aliphatic carbocycles. The molecule has 4 heterocycles. The molecule has 2 unspecified atom stereocenters. The van der Waals surface area contributed by atoms with Crippen LogP contribution in [0.3, 0.4) is 0 Å². The van der Waals surface area contributed by atoms with E-state index in [1.165, 1.54) is 16.6 Å². The normalized spacial score (nSPS) is 20.5. The van der Waals surface area contributed by atoms with Crippen LogP contribution in [0.15, 0.2) is 60.8 Å². The average Bonchev–Trinajstić information content (AvgIpc) is 3.51. The van der Waals surface area contributed by atoms with Gasteiger partial charge in [0, 0.05) is 53.5 Å². The number of hydrogen-bond acceptors (Lipinski definition) is 5. The number of aromatic nitrogens is 2. The van der Waals surface area contributed by atoms with Crippen LogP contribution in [0.1, 0.15) is 43.2 Å². The molecule has 7 heteroatoms. The second kappa shape index (κ2) is 8.89. The summed E-state index contributed by atoms with van der Waals surface area (Å²) in [4.78, 5) is 25.4. The highest BCUT2D eigenvalue weighted by Gasteiger charge is 2.39. The number of carbonyl (C=O) groups is 1. The largest absolute Gasteiger partial charge is 0.497 e. The summed E-state index contributed by atoms with van der Waals surface area (Å²) in [6.45, 7) is 4.72. The van der Waals surface area contributed by atoms with Crippen LogP contribution in [0.4, 0.5) is 4.79 Å². The summed E-state index contributed by atoms with van der Waals surface area (Å²) in [6, 6.07) is 18.9. The molecule has 0 bridgehead atoms. The lowest BCUT2D eigenvalue weighted by atomic mass is 9.99. The maximum absolute atomic E-state index is 12.9. The maximum atomic E-state index is 12.9. The first kappa shape index (κ1) is 21.9. The van der Waals surface area contributed by atoms with Crippen molar-refractivity contribution >= 4 is 27.9 Å². The number of hydrogen-bond donors (Lipinski definition) is 1. The Bertz CT molecular complexity index is 1340. The Morgan fingerprint density at radius 2 is 1.94 bits per heavy atom. The number of amides is 1. The summed E-state index contributed by atoms with van der Waals surface area (Å²) in [5, 5.41) is 2.21. The molecule has 2 fully saturated rings. The van der Waals surface area contributed by atoms with Gasteiger partial charge in [-0.3, -0.25) is 9.88 Å². The molecule has 35 heavy (non-hydrogen) atoms. The monoisotopic (exact) mass is 470 g/mol. The van der Waals surface area contributed by atoms with E-state index in [4.69, 9.17) is 9.47 Å². The molecule has 4 aromatic rings. The lowest BCUT2D eigenvalue weighted by molar-refractivity contribution is 0.0985. The van der Waals surface area contributed by atoms with Crippen LogP contribution in [-0.4, -0.2) is 58.6 Å². The predicted octanol–water partition coefficient (Wildman–Crippen LogP) is 5.44. The van der Waals surface area contributed by atoms with Gasteiger partial charge >= 0.3 is 6.09 Å². The van der Waals surface area contributed by atoms with Crippen LogP contribution in [-0.2, 0) is 4.74 Å². The highest BCUT2D eigenvalue weighted by atomic mass is 16.6. The van der Waals surface area contributed by atoms with Gasteiger partial charge in [-0.2, -0.15) is 0 Å².